The number of rotatable bonds is 8. The number of anilines is 2. The largest absolute Gasteiger partial charge is 0.453 e. The van der Waals surface area contributed by atoms with Gasteiger partial charge in [-0.1, -0.05) is 5.22 Å². The van der Waals surface area contributed by atoms with Crippen LogP contribution in [0, 0.1) is 17.1 Å². The summed E-state index contributed by atoms with van der Waals surface area (Å²) in [5.41, 5.74) is 0.474. The molecule has 1 aromatic carbocycles. The van der Waals surface area contributed by atoms with Crippen molar-refractivity contribution in [1.29, 1.82) is 5.41 Å². The van der Waals surface area contributed by atoms with E-state index < -0.39 is 0 Å². The zero-order valence-corrected chi connectivity index (χ0v) is 17.3. The summed E-state index contributed by atoms with van der Waals surface area (Å²) in [6, 6.07) is 11.1. The third-order valence-electron chi connectivity index (χ3n) is 4.49. The van der Waals surface area contributed by atoms with Crippen LogP contribution in [0.5, 0.6) is 11.5 Å². The number of nitrogens with two attached hydrogens (primary N) is 1. The highest BCUT2D eigenvalue weighted by Crippen LogP contribution is 2.38. The van der Waals surface area contributed by atoms with E-state index in [-0.39, 0.29) is 11.7 Å². The summed E-state index contributed by atoms with van der Waals surface area (Å²) in [7, 11) is 0. The van der Waals surface area contributed by atoms with Gasteiger partial charge in [-0.2, -0.15) is 0 Å². The van der Waals surface area contributed by atoms with Crippen LogP contribution in [0.2, 0.25) is 0 Å². The number of hydrogen-bond acceptors (Lipinski definition) is 7. The van der Waals surface area contributed by atoms with Gasteiger partial charge >= 0.3 is 0 Å². The second-order valence-corrected chi connectivity index (χ2v) is 8.04. The molecule has 4 N–H and O–H groups in total. The number of nitrogens with zero attached hydrogens (tertiary/aromatic N) is 4. The predicted molar refractivity (Wildman–Crippen MR) is 118 cm³/mol. The Kier molecular flexibility index (Phi) is 6.37. The molecule has 1 saturated carbocycles. The Morgan fingerprint density at radius 1 is 1.19 bits per heavy atom. The number of halogens is 1. The van der Waals surface area contributed by atoms with Gasteiger partial charge in [0.25, 0.3) is 0 Å². The van der Waals surface area contributed by atoms with Gasteiger partial charge in [-0.15, -0.1) is 16.9 Å². The molecule has 0 spiro atoms. The van der Waals surface area contributed by atoms with Crippen LogP contribution in [0.15, 0.2) is 70.1 Å². The van der Waals surface area contributed by atoms with E-state index in [2.05, 4.69) is 25.6 Å². The van der Waals surface area contributed by atoms with Crippen molar-refractivity contribution in [3.05, 3.63) is 66.2 Å². The number of hydrogen-bond donors (Lipinski definition) is 3. The van der Waals surface area contributed by atoms with Crippen LogP contribution in [0.1, 0.15) is 18.4 Å². The maximum Gasteiger partial charge on any atom is 0.177 e. The van der Waals surface area contributed by atoms with Crippen LogP contribution >= 0.6 is 11.8 Å². The number of nitrogens with one attached hydrogen (secondary N) is 2. The first-order valence-electron chi connectivity index (χ1n) is 9.60. The Hall–Kier alpha value is -3.53. The number of thioether (sulfide) groups is 1. The van der Waals surface area contributed by atoms with Crippen LogP contribution in [-0.2, 0) is 0 Å². The molecule has 1 fully saturated rings. The van der Waals surface area contributed by atoms with Crippen molar-refractivity contribution in [2.24, 2.45) is 22.1 Å². The van der Waals surface area contributed by atoms with Gasteiger partial charge in [-0.3, -0.25) is 5.41 Å². The minimum absolute atomic E-state index is 0.0861. The molecule has 0 radical (unpaired) electrons. The molecule has 31 heavy (non-hydrogen) atoms. The minimum Gasteiger partial charge on any atom is -0.453 e. The molecule has 0 atom stereocenters. The summed E-state index contributed by atoms with van der Waals surface area (Å²) in [5.74, 6) is 8.38. The van der Waals surface area contributed by atoms with Crippen LogP contribution in [-0.4, -0.2) is 21.6 Å². The van der Waals surface area contributed by atoms with Gasteiger partial charge in [0.2, 0.25) is 0 Å². The summed E-state index contributed by atoms with van der Waals surface area (Å²) in [5, 5.41) is 17.4. The quantitative estimate of drug-likeness (QED) is 0.110. The monoisotopic (exact) mass is 437 g/mol. The fraction of sp³-hybridized carbons (Fsp3) is 0.190. The molecule has 0 saturated heterocycles. The lowest BCUT2D eigenvalue weighted by Gasteiger charge is -2.13. The molecule has 0 aliphatic heterocycles. The average molecular weight is 438 g/mol. The molecular weight excluding hydrogens is 417 g/mol. The Morgan fingerprint density at radius 3 is 2.68 bits per heavy atom. The SMILES string of the molecule is N=C(N=NN)c1ccc(Nc2ncc(SCC3CC3)cc2Oc2ccc(F)cc2)nc1. The maximum atomic E-state index is 13.2. The normalized spacial score (nSPS) is 13.3. The predicted octanol–water partition coefficient (Wildman–Crippen LogP) is 5.30. The molecule has 0 bridgehead atoms. The second kappa shape index (κ2) is 9.52. The van der Waals surface area contributed by atoms with Crippen molar-refractivity contribution in [3.63, 3.8) is 0 Å². The molecule has 4 rings (SSSR count). The second-order valence-electron chi connectivity index (χ2n) is 6.95. The van der Waals surface area contributed by atoms with E-state index in [1.165, 1.54) is 31.2 Å². The fourth-order valence-electron chi connectivity index (χ4n) is 2.65. The number of ether oxygens (including phenoxy) is 1. The van der Waals surface area contributed by atoms with E-state index in [1.54, 1.807) is 42.2 Å². The van der Waals surface area contributed by atoms with E-state index in [1.807, 2.05) is 6.07 Å². The highest BCUT2D eigenvalue weighted by atomic mass is 32.2. The van der Waals surface area contributed by atoms with Crippen molar-refractivity contribution < 1.29 is 9.13 Å². The number of aromatic nitrogens is 2. The van der Waals surface area contributed by atoms with E-state index in [0.717, 1.165) is 16.6 Å². The van der Waals surface area contributed by atoms with Crippen LogP contribution in [0.4, 0.5) is 16.0 Å². The van der Waals surface area contributed by atoms with Crippen LogP contribution in [0.3, 0.4) is 0 Å². The van der Waals surface area contributed by atoms with E-state index >= 15 is 0 Å². The van der Waals surface area contributed by atoms with Crippen molar-refractivity contribution in [3.8, 4) is 11.5 Å². The van der Waals surface area contributed by atoms with Gasteiger partial charge in [0.05, 0.1) is 0 Å². The number of amidine groups is 1. The summed E-state index contributed by atoms with van der Waals surface area (Å²) in [4.78, 5) is 9.79. The molecule has 1 aliphatic carbocycles. The van der Waals surface area contributed by atoms with Crippen LogP contribution < -0.4 is 15.9 Å². The molecular formula is C21H20FN7OS. The lowest BCUT2D eigenvalue weighted by Crippen LogP contribution is -2.01. The van der Waals surface area contributed by atoms with Gasteiger partial charge in [-0.25, -0.2) is 14.4 Å². The first-order chi connectivity index (χ1) is 15.1. The van der Waals surface area contributed by atoms with Crippen molar-refractivity contribution >= 4 is 29.2 Å². The summed E-state index contributed by atoms with van der Waals surface area (Å²) >= 11 is 1.74. The van der Waals surface area contributed by atoms with Gasteiger partial charge in [-0.05, 0) is 61.2 Å². The van der Waals surface area contributed by atoms with E-state index in [4.69, 9.17) is 16.0 Å². The molecule has 158 valence electrons. The lowest BCUT2D eigenvalue weighted by atomic mass is 10.2. The zero-order valence-electron chi connectivity index (χ0n) is 16.5. The van der Waals surface area contributed by atoms with Crippen molar-refractivity contribution in [1.82, 2.24) is 9.97 Å². The first-order valence-corrected chi connectivity index (χ1v) is 10.6. The molecule has 8 nitrogen and oxygen atoms in total. The molecule has 1 aliphatic rings. The number of benzene rings is 1. The Labute approximate surface area is 182 Å². The van der Waals surface area contributed by atoms with Crippen molar-refractivity contribution in [2.45, 2.75) is 17.7 Å². The van der Waals surface area contributed by atoms with Gasteiger partial charge in [0, 0.05) is 28.6 Å². The molecule has 3 aromatic rings. The van der Waals surface area contributed by atoms with E-state index in [9.17, 15) is 4.39 Å². The minimum atomic E-state index is -0.332. The summed E-state index contributed by atoms with van der Waals surface area (Å²) in [6.07, 6.45) is 5.84. The van der Waals surface area contributed by atoms with Gasteiger partial charge in [0.15, 0.2) is 17.4 Å². The molecule has 2 heterocycles. The van der Waals surface area contributed by atoms with E-state index in [0.29, 0.717) is 28.7 Å². The Bertz CT molecular complexity index is 1090. The molecule has 0 unspecified atom stereocenters. The highest BCUT2D eigenvalue weighted by molar-refractivity contribution is 7.99. The Balaban J connectivity index is 1.55. The average Bonchev–Trinajstić information content (AvgIpc) is 3.61. The summed E-state index contributed by atoms with van der Waals surface area (Å²) < 4.78 is 19.2. The summed E-state index contributed by atoms with van der Waals surface area (Å²) in [6.45, 7) is 0. The lowest BCUT2D eigenvalue weighted by molar-refractivity contribution is 0.479. The zero-order chi connectivity index (χ0) is 21.6. The molecule has 10 heteroatoms. The first kappa shape index (κ1) is 20.7. The fourth-order valence-corrected chi connectivity index (χ4v) is 3.73. The topological polar surface area (TPSA) is 122 Å². The third kappa shape index (κ3) is 5.76. The molecule has 0 amide bonds. The standard InChI is InChI=1S/C21H20FN7OS/c22-15-4-6-16(7-5-15)30-18-9-17(31-12-13-1-2-13)11-26-21(18)27-19-8-3-14(10-25-19)20(23)28-29-24/h3-11,13H,1-2,12H2,(H3,23,24,28)(H,25,26,27). The number of pyridine rings is 2. The van der Waals surface area contributed by atoms with Crippen LogP contribution in [0.25, 0.3) is 0 Å². The Morgan fingerprint density at radius 2 is 2.00 bits per heavy atom. The third-order valence-corrected chi connectivity index (χ3v) is 5.69. The van der Waals surface area contributed by atoms with Gasteiger partial charge in [0.1, 0.15) is 17.4 Å². The smallest absolute Gasteiger partial charge is 0.177 e. The van der Waals surface area contributed by atoms with Crippen molar-refractivity contribution in [2.75, 3.05) is 11.1 Å². The van der Waals surface area contributed by atoms with Gasteiger partial charge < -0.3 is 15.9 Å². The molecule has 2 aromatic heterocycles. The maximum absolute atomic E-state index is 13.2. The highest BCUT2D eigenvalue weighted by Gasteiger charge is 2.21.